The summed E-state index contributed by atoms with van der Waals surface area (Å²) in [5.74, 6) is 0.272. The van der Waals surface area contributed by atoms with Gasteiger partial charge in [-0.15, -0.1) is 0 Å². The standard InChI is InChI=1S/C23H32N4O2/c1-17-16-20(27-14-12-26(3)13-15-27)8-11-22(17)25-23(29)24-18(2)4-5-19-6-9-21(28)10-7-19/h6-11,16,18,28H,4-5,12-15H2,1-3H3,(H2,24,25,29). The van der Waals surface area contributed by atoms with E-state index in [4.69, 9.17) is 0 Å². The Morgan fingerprint density at radius 2 is 1.79 bits per heavy atom. The SMILES string of the molecule is Cc1cc(N2CCN(C)CC2)ccc1NC(=O)NC(C)CCc1ccc(O)cc1. The van der Waals surface area contributed by atoms with Crippen molar-refractivity contribution in [3.8, 4) is 5.75 Å². The van der Waals surface area contributed by atoms with Crippen molar-refractivity contribution in [2.24, 2.45) is 0 Å². The van der Waals surface area contributed by atoms with Gasteiger partial charge in [-0.1, -0.05) is 12.1 Å². The average molecular weight is 397 g/mol. The van der Waals surface area contributed by atoms with Crippen LogP contribution in [-0.2, 0) is 6.42 Å². The Labute approximate surface area is 173 Å². The molecule has 2 aromatic carbocycles. The topological polar surface area (TPSA) is 67.8 Å². The molecule has 0 saturated carbocycles. The van der Waals surface area contributed by atoms with Gasteiger partial charge in [-0.25, -0.2) is 4.79 Å². The van der Waals surface area contributed by atoms with E-state index in [2.05, 4.69) is 39.6 Å². The Morgan fingerprint density at radius 1 is 1.10 bits per heavy atom. The minimum atomic E-state index is -0.182. The molecular weight excluding hydrogens is 364 g/mol. The largest absolute Gasteiger partial charge is 0.508 e. The predicted octanol–water partition coefficient (Wildman–Crippen LogP) is 3.60. The zero-order valence-electron chi connectivity index (χ0n) is 17.6. The first-order valence-corrected chi connectivity index (χ1v) is 10.3. The maximum absolute atomic E-state index is 12.4. The second-order valence-electron chi connectivity index (χ2n) is 7.99. The van der Waals surface area contributed by atoms with Crippen LogP contribution < -0.4 is 15.5 Å². The Bertz CT molecular complexity index is 814. The minimum absolute atomic E-state index is 0.0497. The highest BCUT2D eigenvalue weighted by Crippen LogP contribution is 2.23. The number of aryl methyl sites for hydroxylation is 2. The summed E-state index contributed by atoms with van der Waals surface area (Å²) in [6, 6.07) is 13.3. The van der Waals surface area contributed by atoms with Crippen LogP contribution in [0.5, 0.6) is 5.75 Å². The van der Waals surface area contributed by atoms with E-state index in [1.54, 1.807) is 12.1 Å². The molecule has 0 radical (unpaired) electrons. The van der Waals surface area contributed by atoms with Crippen LogP contribution in [-0.4, -0.2) is 55.3 Å². The Morgan fingerprint density at radius 3 is 2.45 bits per heavy atom. The average Bonchev–Trinajstić information content (AvgIpc) is 2.69. The first-order chi connectivity index (χ1) is 13.9. The molecule has 1 heterocycles. The van der Waals surface area contributed by atoms with Crippen molar-refractivity contribution in [1.29, 1.82) is 0 Å². The Kier molecular flexibility index (Phi) is 6.99. The van der Waals surface area contributed by atoms with Gasteiger partial charge in [-0.3, -0.25) is 0 Å². The maximum Gasteiger partial charge on any atom is 0.319 e. The van der Waals surface area contributed by atoms with Crippen LogP contribution in [0, 0.1) is 6.92 Å². The fourth-order valence-electron chi connectivity index (χ4n) is 3.55. The van der Waals surface area contributed by atoms with Crippen LogP contribution in [0.2, 0.25) is 0 Å². The number of likely N-dealkylation sites (N-methyl/N-ethyl adjacent to an activating group) is 1. The third kappa shape index (κ3) is 6.12. The van der Waals surface area contributed by atoms with E-state index in [0.29, 0.717) is 0 Å². The van der Waals surface area contributed by atoms with E-state index in [-0.39, 0.29) is 17.8 Å². The summed E-state index contributed by atoms with van der Waals surface area (Å²) < 4.78 is 0. The molecule has 2 aromatic rings. The highest BCUT2D eigenvalue weighted by Gasteiger charge is 2.15. The number of amides is 2. The normalized spacial score (nSPS) is 15.8. The van der Waals surface area contributed by atoms with E-state index in [1.807, 2.05) is 32.0 Å². The number of hydrogen-bond donors (Lipinski definition) is 3. The number of phenols is 1. The summed E-state index contributed by atoms with van der Waals surface area (Å²) in [6.07, 6.45) is 1.68. The van der Waals surface area contributed by atoms with Gasteiger partial charge in [0.05, 0.1) is 0 Å². The number of piperazine rings is 1. The Hall–Kier alpha value is -2.73. The summed E-state index contributed by atoms with van der Waals surface area (Å²) in [7, 11) is 2.15. The van der Waals surface area contributed by atoms with Gasteiger partial charge in [0, 0.05) is 43.6 Å². The predicted molar refractivity (Wildman–Crippen MR) is 119 cm³/mol. The van der Waals surface area contributed by atoms with Gasteiger partial charge in [0.1, 0.15) is 5.75 Å². The van der Waals surface area contributed by atoms with Gasteiger partial charge in [-0.2, -0.15) is 0 Å². The van der Waals surface area contributed by atoms with Gasteiger partial charge in [0.25, 0.3) is 0 Å². The van der Waals surface area contributed by atoms with E-state index < -0.39 is 0 Å². The van der Waals surface area contributed by atoms with E-state index in [9.17, 15) is 9.90 Å². The fourth-order valence-corrected chi connectivity index (χ4v) is 3.55. The number of carbonyl (C=O) groups is 1. The first-order valence-electron chi connectivity index (χ1n) is 10.3. The van der Waals surface area contributed by atoms with Gasteiger partial charge >= 0.3 is 6.03 Å². The molecule has 0 aliphatic carbocycles. The molecule has 2 amide bonds. The van der Waals surface area contributed by atoms with Crippen molar-refractivity contribution in [2.45, 2.75) is 32.7 Å². The molecule has 156 valence electrons. The van der Waals surface area contributed by atoms with Crippen molar-refractivity contribution in [3.05, 3.63) is 53.6 Å². The summed E-state index contributed by atoms with van der Waals surface area (Å²) in [5, 5.41) is 15.3. The van der Waals surface area contributed by atoms with Gasteiger partial charge in [-0.05, 0) is 75.2 Å². The van der Waals surface area contributed by atoms with Crippen LogP contribution in [0.25, 0.3) is 0 Å². The summed E-state index contributed by atoms with van der Waals surface area (Å²) in [5.41, 5.74) is 4.26. The molecule has 3 N–H and O–H groups in total. The molecule has 0 bridgehead atoms. The lowest BCUT2D eigenvalue weighted by Crippen LogP contribution is -2.44. The van der Waals surface area contributed by atoms with Gasteiger partial charge < -0.3 is 25.5 Å². The highest BCUT2D eigenvalue weighted by atomic mass is 16.3. The number of hydrogen-bond acceptors (Lipinski definition) is 4. The van der Waals surface area contributed by atoms with Crippen molar-refractivity contribution >= 4 is 17.4 Å². The molecule has 29 heavy (non-hydrogen) atoms. The molecular formula is C23H32N4O2. The monoisotopic (exact) mass is 396 g/mol. The molecule has 1 aliphatic heterocycles. The zero-order valence-corrected chi connectivity index (χ0v) is 17.6. The van der Waals surface area contributed by atoms with E-state index in [1.165, 1.54) is 5.69 Å². The summed E-state index contributed by atoms with van der Waals surface area (Å²) >= 11 is 0. The molecule has 1 fully saturated rings. The van der Waals surface area contributed by atoms with Crippen LogP contribution in [0.15, 0.2) is 42.5 Å². The molecule has 0 spiro atoms. The molecule has 1 atom stereocenters. The number of nitrogens with one attached hydrogen (secondary N) is 2. The maximum atomic E-state index is 12.4. The molecule has 1 unspecified atom stereocenters. The van der Waals surface area contributed by atoms with Gasteiger partial charge in [0.2, 0.25) is 0 Å². The van der Waals surface area contributed by atoms with Gasteiger partial charge in [0.15, 0.2) is 0 Å². The number of carbonyl (C=O) groups excluding carboxylic acids is 1. The smallest absolute Gasteiger partial charge is 0.319 e. The van der Waals surface area contributed by atoms with Crippen LogP contribution in [0.1, 0.15) is 24.5 Å². The number of urea groups is 1. The van der Waals surface area contributed by atoms with E-state index >= 15 is 0 Å². The molecule has 6 nitrogen and oxygen atoms in total. The van der Waals surface area contributed by atoms with Crippen LogP contribution in [0.4, 0.5) is 16.2 Å². The van der Waals surface area contributed by atoms with Crippen molar-refractivity contribution in [2.75, 3.05) is 43.4 Å². The zero-order chi connectivity index (χ0) is 20.8. The lowest BCUT2D eigenvalue weighted by molar-refractivity contribution is 0.248. The number of rotatable bonds is 6. The third-order valence-electron chi connectivity index (χ3n) is 5.51. The van der Waals surface area contributed by atoms with Crippen molar-refractivity contribution < 1.29 is 9.90 Å². The molecule has 6 heteroatoms. The summed E-state index contributed by atoms with van der Waals surface area (Å²) in [4.78, 5) is 17.1. The molecule has 0 aromatic heterocycles. The minimum Gasteiger partial charge on any atom is -0.508 e. The highest BCUT2D eigenvalue weighted by molar-refractivity contribution is 5.90. The third-order valence-corrected chi connectivity index (χ3v) is 5.51. The number of benzene rings is 2. The molecule has 1 aliphatic rings. The second-order valence-corrected chi connectivity index (χ2v) is 7.99. The quantitative estimate of drug-likeness (QED) is 0.698. The number of aromatic hydroxyl groups is 1. The number of phenolic OH excluding ortho intramolecular Hbond substituents is 1. The molecule has 1 saturated heterocycles. The lowest BCUT2D eigenvalue weighted by atomic mass is 10.1. The van der Waals surface area contributed by atoms with Crippen molar-refractivity contribution in [3.63, 3.8) is 0 Å². The summed E-state index contributed by atoms with van der Waals surface area (Å²) in [6.45, 7) is 8.24. The first kappa shape index (κ1) is 21.0. The fraction of sp³-hybridized carbons (Fsp3) is 0.435. The van der Waals surface area contributed by atoms with Crippen LogP contribution >= 0.6 is 0 Å². The molecule has 3 rings (SSSR count). The lowest BCUT2D eigenvalue weighted by Gasteiger charge is -2.34. The number of anilines is 2. The van der Waals surface area contributed by atoms with Crippen molar-refractivity contribution in [1.82, 2.24) is 10.2 Å². The second kappa shape index (κ2) is 9.65. The van der Waals surface area contributed by atoms with E-state index in [0.717, 1.165) is 55.8 Å². The van der Waals surface area contributed by atoms with Crippen LogP contribution in [0.3, 0.4) is 0 Å². The number of nitrogens with zero attached hydrogens (tertiary/aromatic N) is 2. The Balaban J connectivity index is 1.48.